The maximum Gasteiger partial charge on any atom is 0.509 e. The first-order valence-corrected chi connectivity index (χ1v) is 4.88. The fraction of sp³-hybridized carbons (Fsp3) is 0.714. The van der Waals surface area contributed by atoms with Gasteiger partial charge in [0.05, 0.1) is 0 Å². The van der Waals surface area contributed by atoms with E-state index in [0.717, 1.165) is 0 Å². The first-order chi connectivity index (χ1) is 6.16. The molecular weight excluding hydrogens is 196 g/mol. The molecule has 0 N–H and O–H groups in total. The highest BCUT2D eigenvalue weighted by atomic mass is 32.2. The number of rotatable bonds is 1. The van der Waals surface area contributed by atoms with Gasteiger partial charge in [0.1, 0.15) is 0 Å². The van der Waals surface area contributed by atoms with Crippen LogP contribution in [-0.2, 0) is 19.0 Å². The smallest absolute Gasteiger partial charge is 0.447 e. The van der Waals surface area contributed by atoms with Gasteiger partial charge < -0.3 is 14.2 Å². The summed E-state index contributed by atoms with van der Waals surface area (Å²) in [6.07, 6.45) is -1.37. The van der Waals surface area contributed by atoms with E-state index in [-0.39, 0.29) is 12.1 Å². The number of fused-ring (bicyclic) bond motifs is 1. The molecule has 2 fully saturated rings. The molecule has 2 aliphatic rings. The molecule has 6 heteroatoms. The zero-order valence-electron chi connectivity index (χ0n) is 6.89. The molecule has 0 saturated carbocycles. The van der Waals surface area contributed by atoms with Gasteiger partial charge in [-0.25, -0.2) is 4.79 Å². The summed E-state index contributed by atoms with van der Waals surface area (Å²) in [4.78, 5) is 21.3. The van der Waals surface area contributed by atoms with Crippen LogP contribution < -0.4 is 0 Å². The van der Waals surface area contributed by atoms with Crippen LogP contribution in [0, 0.1) is 0 Å². The fourth-order valence-corrected chi connectivity index (χ4v) is 2.58. The first kappa shape index (κ1) is 8.68. The van der Waals surface area contributed by atoms with Gasteiger partial charge in [-0.05, 0) is 0 Å². The number of ether oxygens (including phenoxy) is 3. The van der Waals surface area contributed by atoms with Crippen molar-refractivity contribution >= 4 is 23.9 Å². The van der Waals surface area contributed by atoms with Gasteiger partial charge in [-0.15, -0.1) is 11.8 Å². The van der Waals surface area contributed by atoms with Crippen molar-refractivity contribution in [1.29, 1.82) is 0 Å². The Labute approximate surface area is 78.7 Å². The second-order valence-electron chi connectivity index (χ2n) is 2.80. The number of carbonyl (C=O) groups excluding carboxylic acids is 2. The third-order valence-electron chi connectivity index (χ3n) is 1.82. The number of hydrogen-bond donors (Lipinski definition) is 0. The van der Waals surface area contributed by atoms with Crippen LogP contribution >= 0.6 is 11.8 Å². The molecule has 0 bridgehead atoms. The SMILES string of the molecule is CC(=O)O[C@@H]1SC[C@H]2OC(=O)O[C@@H]12. The Bertz CT molecular complexity index is 253. The van der Waals surface area contributed by atoms with Crippen molar-refractivity contribution in [1.82, 2.24) is 0 Å². The van der Waals surface area contributed by atoms with Gasteiger partial charge in [-0.2, -0.15) is 0 Å². The highest BCUT2D eigenvalue weighted by molar-refractivity contribution is 8.00. The molecule has 0 aliphatic carbocycles. The molecule has 0 aromatic rings. The molecule has 2 aliphatic heterocycles. The second kappa shape index (κ2) is 3.10. The van der Waals surface area contributed by atoms with E-state index < -0.39 is 17.7 Å². The first-order valence-electron chi connectivity index (χ1n) is 3.83. The van der Waals surface area contributed by atoms with E-state index in [0.29, 0.717) is 5.75 Å². The van der Waals surface area contributed by atoms with Crippen LogP contribution in [0.15, 0.2) is 0 Å². The van der Waals surface area contributed by atoms with Gasteiger partial charge in [0.15, 0.2) is 17.6 Å². The number of carbonyl (C=O) groups is 2. The van der Waals surface area contributed by atoms with Crippen LogP contribution in [-0.4, -0.2) is 35.5 Å². The zero-order chi connectivity index (χ0) is 9.42. The molecule has 5 nitrogen and oxygen atoms in total. The highest BCUT2D eigenvalue weighted by Crippen LogP contribution is 2.36. The predicted octanol–water partition coefficient (Wildman–Crippen LogP) is 0.526. The number of thioether (sulfide) groups is 1. The van der Waals surface area contributed by atoms with Gasteiger partial charge in [0, 0.05) is 12.7 Å². The lowest BCUT2D eigenvalue weighted by atomic mass is 10.2. The monoisotopic (exact) mass is 204 g/mol. The summed E-state index contributed by atoms with van der Waals surface area (Å²) in [6, 6.07) is 0. The maximum atomic E-state index is 10.7. The molecule has 0 aromatic carbocycles. The molecule has 0 radical (unpaired) electrons. The van der Waals surface area contributed by atoms with Gasteiger partial charge >= 0.3 is 12.1 Å². The molecule has 0 spiro atoms. The van der Waals surface area contributed by atoms with E-state index in [1.165, 1.54) is 18.7 Å². The van der Waals surface area contributed by atoms with Crippen LogP contribution in [0.5, 0.6) is 0 Å². The minimum absolute atomic E-state index is 0.262. The predicted molar refractivity (Wildman–Crippen MR) is 43.2 cm³/mol. The van der Waals surface area contributed by atoms with E-state index in [2.05, 4.69) is 0 Å². The molecule has 2 saturated heterocycles. The fourth-order valence-electron chi connectivity index (χ4n) is 1.31. The minimum Gasteiger partial charge on any atom is -0.447 e. The van der Waals surface area contributed by atoms with Gasteiger partial charge in [0.25, 0.3) is 0 Å². The Balaban J connectivity index is 2.00. The minimum atomic E-state index is -0.674. The second-order valence-corrected chi connectivity index (χ2v) is 3.93. The molecule has 3 atom stereocenters. The average Bonchev–Trinajstić information content (AvgIpc) is 2.51. The Morgan fingerprint density at radius 1 is 1.62 bits per heavy atom. The molecule has 72 valence electrons. The van der Waals surface area contributed by atoms with Crippen molar-refractivity contribution in [2.75, 3.05) is 5.75 Å². The summed E-state index contributed by atoms with van der Waals surface area (Å²) >= 11 is 1.42. The summed E-state index contributed by atoms with van der Waals surface area (Å²) in [5, 5.41) is 0. The Morgan fingerprint density at radius 3 is 3.08 bits per heavy atom. The Kier molecular flexibility index (Phi) is 2.07. The van der Waals surface area contributed by atoms with Crippen molar-refractivity contribution in [3.63, 3.8) is 0 Å². The van der Waals surface area contributed by atoms with Crippen molar-refractivity contribution in [2.24, 2.45) is 0 Å². The molecule has 13 heavy (non-hydrogen) atoms. The van der Waals surface area contributed by atoms with E-state index in [1.54, 1.807) is 0 Å². The lowest BCUT2D eigenvalue weighted by Crippen LogP contribution is -2.29. The van der Waals surface area contributed by atoms with E-state index in [4.69, 9.17) is 14.2 Å². The molecule has 2 heterocycles. The van der Waals surface area contributed by atoms with Crippen molar-refractivity contribution in [2.45, 2.75) is 24.6 Å². The summed E-state index contributed by atoms with van der Waals surface area (Å²) in [7, 11) is 0. The summed E-state index contributed by atoms with van der Waals surface area (Å²) in [6.45, 7) is 1.32. The van der Waals surface area contributed by atoms with Gasteiger partial charge in [-0.1, -0.05) is 0 Å². The average molecular weight is 204 g/mol. The summed E-state index contributed by atoms with van der Waals surface area (Å²) < 4.78 is 14.6. The maximum absolute atomic E-state index is 10.7. The zero-order valence-corrected chi connectivity index (χ0v) is 7.71. The third-order valence-corrected chi connectivity index (χ3v) is 3.04. The van der Waals surface area contributed by atoms with E-state index >= 15 is 0 Å². The van der Waals surface area contributed by atoms with Gasteiger partial charge in [-0.3, -0.25) is 4.79 Å². The quantitative estimate of drug-likeness (QED) is 0.580. The highest BCUT2D eigenvalue weighted by Gasteiger charge is 2.49. The van der Waals surface area contributed by atoms with Gasteiger partial charge in [0.2, 0.25) is 0 Å². The summed E-state index contributed by atoms with van der Waals surface area (Å²) in [5.74, 6) is 0.245. The third kappa shape index (κ3) is 1.58. The normalized spacial score (nSPS) is 36.4. The lowest BCUT2D eigenvalue weighted by Gasteiger charge is -2.13. The Morgan fingerprint density at radius 2 is 2.38 bits per heavy atom. The number of hydrogen-bond acceptors (Lipinski definition) is 6. The van der Waals surface area contributed by atoms with Crippen LogP contribution in [0.1, 0.15) is 6.92 Å². The Hall–Kier alpha value is -0.910. The summed E-state index contributed by atoms with van der Waals surface area (Å²) in [5.41, 5.74) is -0.408. The van der Waals surface area contributed by atoms with Crippen molar-refractivity contribution in [3.05, 3.63) is 0 Å². The molecular formula is C7H8O5S. The molecule has 0 amide bonds. The molecule has 0 unspecified atom stereocenters. The van der Waals surface area contributed by atoms with Crippen LogP contribution in [0.2, 0.25) is 0 Å². The lowest BCUT2D eigenvalue weighted by molar-refractivity contribution is -0.145. The molecule has 2 rings (SSSR count). The van der Waals surface area contributed by atoms with Crippen LogP contribution in [0.3, 0.4) is 0 Å². The van der Waals surface area contributed by atoms with E-state index in [1.807, 2.05) is 0 Å². The topological polar surface area (TPSA) is 61.8 Å². The van der Waals surface area contributed by atoms with Crippen molar-refractivity contribution in [3.8, 4) is 0 Å². The van der Waals surface area contributed by atoms with Crippen LogP contribution in [0.4, 0.5) is 4.79 Å². The van der Waals surface area contributed by atoms with Crippen molar-refractivity contribution < 1.29 is 23.8 Å². The largest absolute Gasteiger partial charge is 0.509 e. The van der Waals surface area contributed by atoms with Crippen LogP contribution in [0.25, 0.3) is 0 Å². The standard InChI is InChI=1S/C7H8O5S/c1-3(8)10-6-5-4(2-13-6)11-7(9)12-5/h4-6H,2H2,1H3/t4-,5-,6-/m1/s1. The number of esters is 1. The molecule has 0 aromatic heterocycles. The van der Waals surface area contributed by atoms with E-state index in [9.17, 15) is 9.59 Å².